The van der Waals surface area contributed by atoms with Gasteiger partial charge in [-0.25, -0.2) is 0 Å². The third kappa shape index (κ3) is 3.31. The molecule has 0 saturated carbocycles. The number of ether oxygens (including phenoxy) is 2. The van der Waals surface area contributed by atoms with Crippen molar-refractivity contribution in [2.45, 2.75) is 6.42 Å². The maximum atomic E-state index is 11.2. The molecule has 0 aliphatic rings. The SMILES string of the molecule is COC(=O)Cc1cncc(-c2ccc(OC)cc2)c1. The van der Waals surface area contributed by atoms with Gasteiger partial charge >= 0.3 is 5.97 Å². The Labute approximate surface area is 112 Å². The summed E-state index contributed by atoms with van der Waals surface area (Å²) in [6.45, 7) is 0. The van der Waals surface area contributed by atoms with E-state index in [9.17, 15) is 4.79 Å². The van der Waals surface area contributed by atoms with Crippen LogP contribution < -0.4 is 4.74 Å². The molecule has 1 heterocycles. The molecule has 0 amide bonds. The zero-order valence-electron chi connectivity index (χ0n) is 10.9. The van der Waals surface area contributed by atoms with E-state index < -0.39 is 0 Å². The van der Waals surface area contributed by atoms with E-state index in [-0.39, 0.29) is 12.4 Å². The molecule has 0 unspecified atom stereocenters. The molecule has 0 aliphatic carbocycles. The van der Waals surface area contributed by atoms with Crippen molar-refractivity contribution in [3.05, 3.63) is 48.3 Å². The Morgan fingerprint density at radius 3 is 2.47 bits per heavy atom. The van der Waals surface area contributed by atoms with E-state index in [1.165, 1.54) is 7.11 Å². The number of aromatic nitrogens is 1. The van der Waals surface area contributed by atoms with E-state index in [1.807, 2.05) is 30.3 Å². The highest BCUT2D eigenvalue weighted by Gasteiger charge is 2.05. The molecule has 0 radical (unpaired) electrons. The molecule has 0 spiro atoms. The van der Waals surface area contributed by atoms with Gasteiger partial charge in [-0.15, -0.1) is 0 Å². The molecule has 0 fully saturated rings. The summed E-state index contributed by atoms with van der Waals surface area (Å²) < 4.78 is 9.77. The average molecular weight is 257 g/mol. The first kappa shape index (κ1) is 13.1. The lowest BCUT2D eigenvalue weighted by Crippen LogP contribution is -2.04. The number of rotatable bonds is 4. The van der Waals surface area contributed by atoms with Crippen molar-refractivity contribution >= 4 is 5.97 Å². The van der Waals surface area contributed by atoms with Crippen LogP contribution in [0, 0.1) is 0 Å². The predicted octanol–water partition coefficient (Wildman–Crippen LogP) is 2.47. The molecule has 4 nitrogen and oxygen atoms in total. The smallest absolute Gasteiger partial charge is 0.310 e. The normalized spacial score (nSPS) is 10.0. The lowest BCUT2D eigenvalue weighted by molar-refractivity contribution is -0.139. The van der Waals surface area contributed by atoms with E-state index in [2.05, 4.69) is 9.72 Å². The van der Waals surface area contributed by atoms with Crippen LogP contribution in [-0.4, -0.2) is 25.2 Å². The maximum absolute atomic E-state index is 11.2. The highest BCUT2D eigenvalue weighted by Crippen LogP contribution is 2.22. The number of benzene rings is 1. The molecule has 0 bridgehead atoms. The number of methoxy groups -OCH3 is 2. The molecule has 4 heteroatoms. The Morgan fingerprint density at radius 2 is 1.84 bits per heavy atom. The van der Waals surface area contributed by atoms with Gasteiger partial charge < -0.3 is 9.47 Å². The van der Waals surface area contributed by atoms with Crippen molar-refractivity contribution in [3.8, 4) is 16.9 Å². The largest absolute Gasteiger partial charge is 0.497 e. The van der Waals surface area contributed by atoms with Gasteiger partial charge in [-0.2, -0.15) is 0 Å². The summed E-state index contributed by atoms with van der Waals surface area (Å²) in [6, 6.07) is 9.63. The summed E-state index contributed by atoms with van der Waals surface area (Å²) in [5.74, 6) is 0.538. The van der Waals surface area contributed by atoms with Gasteiger partial charge in [0, 0.05) is 18.0 Å². The number of carbonyl (C=O) groups is 1. The van der Waals surface area contributed by atoms with Gasteiger partial charge in [0.25, 0.3) is 0 Å². The van der Waals surface area contributed by atoms with Gasteiger partial charge in [0.15, 0.2) is 0 Å². The molecule has 0 atom stereocenters. The molecule has 2 rings (SSSR count). The Bertz CT molecular complexity index is 564. The summed E-state index contributed by atoms with van der Waals surface area (Å²) in [7, 11) is 3.01. The molecule has 19 heavy (non-hydrogen) atoms. The second kappa shape index (κ2) is 6.00. The fraction of sp³-hybridized carbons (Fsp3) is 0.200. The van der Waals surface area contributed by atoms with E-state index >= 15 is 0 Å². The second-order valence-corrected chi connectivity index (χ2v) is 4.06. The van der Waals surface area contributed by atoms with Crippen molar-refractivity contribution in [1.82, 2.24) is 4.98 Å². The fourth-order valence-corrected chi connectivity index (χ4v) is 1.76. The van der Waals surface area contributed by atoms with Gasteiger partial charge in [-0.05, 0) is 29.3 Å². The Balaban J connectivity index is 2.24. The summed E-state index contributed by atoms with van der Waals surface area (Å²) in [4.78, 5) is 15.4. The highest BCUT2D eigenvalue weighted by molar-refractivity contribution is 5.73. The Morgan fingerprint density at radius 1 is 1.11 bits per heavy atom. The van der Waals surface area contributed by atoms with Crippen LogP contribution in [0.5, 0.6) is 5.75 Å². The second-order valence-electron chi connectivity index (χ2n) is 4.06. The van der Waals surface area contributed by atoms with Crippen molar-refractivity contribution in [1.29, 1.82) is 0 Å². The molecule has 2 aromatic rings. The third-order valence-electron chi connectivity index (χ3n) is 2.79. The topological polar surface area (TPSA) is 48.4 Å². The third-order valence-corrected chi connectivity index (χ3v) is 2.79. The molecule has 1 aromatic heterocycles. The van der Waals surface area contributed by atoms with Gasteiger partial charge in [0.1, 0.15) is 5.75 Å². The van der Waals surface area contributed by atoms with Crippen molar-refractivity contribution < 1.29 is 14.3 Å². The summed E-state index contributed by atoms with van der Waals surface area (Å²) in [5, 5.41) is 0. The van der Waals surface area contributed by atoms with E-state index in [4.69, 9.17) is 4.74 Å². The van der Waals surface area contributed by atoms with E-state index in [1.54, 1.807) is 19.5 Å². The highest BCUT2D eigenvalue weighted by atomic mass is 16.5. The number of hydrogen-bond acceptors (Lipinski definition) is 4. The molecule has 98 valence electrons. The minimum atomic E-state index is -0.270. The van der Waals surface area contributed by atoms with Crippen LogP contribution in [0.1, 0.15) is 5.56 Å². The van der Waals surface area contributed by atoms with Crippen LogP contribution in [0.15, 0.2) is 42.7 Å². The number of hydrogen-bond donors (Lipinski definition) is 0. The lowest BCUT2D eigenvalue weighted by Gasteiger charge is -2.05. The van der Waals surface area contributed by atoms with Crippen LogP contribution in [0.4, 0.5) is 0 Å². The van der Waals surface area contributed by atoms with E-state index in [0.717, 1.165) is 22.4 Å². The van der Waals surface area contributed by atoms with Gasteiger partial charge in [0.2, 0.25) is 0 Å². The minimum Gasteiger partial charge on any atom is -0.497 e. The van der Waals surface area contributed by atoms with Crippen LogP contribution in [0.2, 0.25) is 0 Å². The first-order valence-corrected chi connectivity index (χ1v) is 5.88. The summed E-state index contributed by atoms with van der Waals surface area (Å²) in [6.07, 6.45) is 3.67. The number of carbonyl (C=O) groups excluding carboxylic acids is 1. The zero-order chi connectivity index (χ0) is 13.7. The average Bonchev–Trinajstić information content (AvgIpc) is 2.47. The quantitative estimate of drug-likeness (QED) is 0.789. The summed E-state index contributed by atoms with van der Waals surface area (Å²) >= 11 is 0. The van der Waals surface area contributed by atoms with Crippen molar-refractivity contribution in [2.75, 3.05) is 14.2 Å². The summed E-state index contributed by atoms with van der Waals surface area (Å²) in [5.41, 5.74) is 2.82. The van der Waals surface area contributed by atoms with E-state index in [0.29, 0.717) is 0 Å². The van der Waals surface area contributed by atoms with Gasteiger partial charge in [-0.3, -0.25) is 9.78 Å². The molecular formula is C15H15NO3. The minimum absolute atomic E-state index is 0.230. The zero-order valence-corrected chi connectivity index (χ0v) is 10.9. The van der Waals surface area contributed by atoms with Gasteiger partial charge in [0.05, 0.1) is 20.6 Å². The molecule has 0 aliphatic heterocycles. The maximum Gasteiger partial charge on any atom is 0.310 e. The van der Waals surface area contributed by atoms with Crippen LogP contribution >= 0.6 is 0 Å². The predicted molar refractivity (Wildman–Crippen MR) is 71.9 cm³/mol. The van der Waals surface area contributed by atoms with Crippen LogP contribution in [0.25, 0.3) is 11.1 Å². The first-order valence-electron chi connectivity index (χ1n) is 5.88. The molecule has 0 saturated heterocycles. The Kier molecular flexibility index (Phi) is 4.13. The van der Waals surface area contributed by atoms with Crippen molar-refractivity contribution in [3.63, 3.8) is 0 Å². The molecule has 0 N–H and O–H groups in total. The standard InChI is InChI=1S/C15H15NO3/c1-18-14-5-3-12(4-6-14)13-7-11(9-16-10-13)8-15(17)19-2/h3-7,9-10H,8H2,1-2H3. The fourth-order valence-electron chi connectivity index (χ4n) is 1.76. The Hall–Kier alpha value is -2.36. The van der Waals surface area contributed by atoms with Crippen LogP contribution in [-0.2, 0) is 16.0 Å². The lowest BCUT2D eigenvalue weighted by atomic mass is 10.0. The van der Waals surface area contributed by atoms with Gasteiger partial charge in [-0.1, -0.05) is 12.1 Å². The number of nitrogens with zero attached hydrogens (tertiary/aromatic N) is 1. The number of pyridine rings is 1. The molecule has 1 aromatic carbocycles. The van der Waals surface area contributed by atoms with Crippen molar-refractivity contribution in [2.24, 2.45) is 0 Å². The monoisotopic (exact) mass is 257 g/mol. The first-order chi connectivity index (χ1) is 9.22. The number of esters is 1. The van der Waals surface area contributed by atoms with Crippen LogP contribution in [0.3, 0.4) is 0 Å². The molecular weight excluding hydrogens is 242 g/mol.